The highest BCUT2D eigenvalue weighted by Crippen LogP contribution is 2.17. The van der Waals surface area contributed by atoms with Crippen LogP contribution < -0.4 is 0 Å². The van der Waals surface area contributed by atoms with E-state index in [0.717, 1.165) is 15.4 Å². The smallest absolute Gasteiger partial charge is 0.333 e. The number of rotatable bonds is 1. The summed E-state index contributed by atoms with van der Waals surface area (Å²) in [6, 6.07) is 1.17. The minimum atomic E-state index is -0.616. The third-order valence-electron chi connectivity index (χ3n) is 2.81. The first-order valence-electron chi connectivity index (χ1n) is 5.35. The van der Waals surface area contributed by atoms with Gasteiger partial charge in [0.25, 0.3) is 11.8 Å². The maximum absolute atomic E-state index is 11.9. The van der Waals surface area contributed by atoms with Crippen molar-refractivity contribution in [3.8, 4) is 0 Å². The second kappa shape index (κ2) is 4.14. The topological polar surface area (TPSA) is 62.6 Å². The van der Waals surface area contributed by atoms with Crippen LogP contribution in [0.1, 0.15) is 5.56 Å². The third kappa shape index (κ3) is 1.81. The van der Waals surface area contributed by atoms with Crippen LogP contribution in [0.2, 0.25) is 0 Å². The molecule has 1 aliphatic heterocycles. The molecule has 0 atom stereocenters. The number of imide groups is 2. The lowest BCUT2D eigenvalue weighted by Gasteiger charge is -2.28. The van der Waals surface area contributed by atoms with Gasteiger partial charge in [0.05, 0.1) is 0 Å². The number of hydrogen-bond donors (Lipinski definition) is 0. The number of carbonyl (C=O) groups is 3. The van der Waals surface area contributed by atoms with Crippen molar-refractivity contribution in [2.24, 2.45) is 7.05 Å². The quantitative estimate of drug-likeness (QED) is 0.535. The number of likely N-dealkylation sites (N-methyl/N-ethyl adjacent to an activating group) is 2. The SMILES string of the molecule is CN1C(=O)C(=Cc2ccn(C)c2)C(=O)N(C)C1=O. The van der Waals surface area contributed by atoms with Crippen LogP contribution in [0.4, 0.5) is 4.79 Å². The monoisotopic (exact) mass is 247 g/mol. The molecular weight excluding hydrogens is 234 g/mol. The summed E-state index contributed by atoms with van der Waals surface area (Å²) in [5.74, 6) is -1.15. The highest BCUT2D eigenvalue weighted by Gasteiger charge is 2.37. The number of urea groups is 1. The molecule has 1 saturated heterocycles. The van der Waals surface area contributed by atoms with Crippen LogP contribution in [0.15, 0.2) is 24.0 Å². The molecular formula is C12H13N3O3. The average Bonchev–Trinajstić information content (AvgIpc) is 2.75. The van der Waals surface area contributed by atoms with E-state index in [-0.39, 0.29) is 5.57 Å². The number of aromatic nitrogens is 1. The van der Waals surface area contributed by atoms with Crippen molar-refractivity contribution in [2.45, 2.75) is 0 Å². The van der Waals surface area contributed by atoms with Gasteiger partial charge in [-0.25, -0.2) is 4.79 Å². The van der Waals surface area contributed by atoms with E-state index in [1.54, 1.807) is 12.3 Å². The Labute approximate surface area is 104 Å². The summed E-state index contributed by atoms with van der Waals surface area (Å²) in [6.07, 6.45) is 5.08. The normalized spacial score (nSPS) is 16.6. The van der Waals surface area contributed by atoms with E-state index in [2.05, 4.69) is 0 Å². The Hall–Kier alpha value is -2.37. The van der Waals surface area contributed by atoms with Gasteiger partial charge < -0.3 is 4.57 Å². The standard InChI is InChI=1S/C12H13N3O3/c1-13-5-4-8(7-13)6-9-10(16)14(2)12(18)15(3)11(9)17/h4-7H,1-3H3. The van der Waals surface area contributed by atoms with Crippen LogP contribution in [-0.2, 0) is 16.6 Å². The molecule has 6 heteroatoms. The maximum atomic E-state index is 11.9. The first kappa shape index (κ1) is 12.1. The van der Waals surface area contributed by atoms with Gasteiger partial charge in [0.1, 0.15) is 5.57 Å². The van der Waals surface area contributed by atoms with Crippen molar-refractivity contribution >= 4 is 23.9 Å². The minimum absolute atomic E-state index is 0.00852. The molecule has 94 valence electrons. The van der Waals surface area contributed by atoms with Crippen LogP contribution >= 0.6 is 0 Å². The van der Waals surface area contributed by atoms with Crippen LogP contribution in [0, 0.1) is 0 Å². The summed E-state index contributed by atoms with van der Waals surface area (Å²) in [7, 11) is 4.55. The summed E-state index contributed by atoms with van der Waals surface area (Å²) < 4.78 is 1.81. The number of amides is 4. The number of hydrogen-bond acceptors (Lipinski definition) is 3. The number of aryl methyl sites for hydroxylation is 1. The van der Waals surface area contributed by atoms with E-state index in [1.807, 2.05) is 17.8 Å². The molecule has 0 bridgehead atoms. The molecule has 2 heterocycles. The van der Waals surface area contributed by atoms with Gasteiger partial charge in [0.15, 0.2) is 0 Å². The Kier molecular flexibility index (Phi) is 2.78. The van der Waals surface area contributed by atoms with Crippen LogP contribution in [0.5, 0.6) is 0 Å². The zero-order valence-electron chi connectivity index (χ0n) is 10.4. The van der Waals surface area contributed by atoms with Crippen LogP contribution in [0.3, 0.4) is 0 Å². The van der Waals surface area contributed by atoms with E-state index >= 15 is 0 Å². The zero-order valence-corrected chi connectivity index (χ0v) is 10.4. The summed E-state index contributed by atoms with van der Waals surface area (Å²) >= 11 is 0. The summed E-state index contributed by atoms with van der Waals surface area (Å²) in [6.45, 7) is 0. The number of nitrogens with zero attached hydrogens (tertiary/aromatic N) is 3. The molecule has 1 aliphatic rings. The van der Waals surface area contributed by atoms with Gasteiger partial charge in [-0.2, -0.15) is 0 Å². The van der Waals surface area contributed by atoms with Crippen molar-refractivity contribution < 1.29 is 14.4 Å². The zero-order chi connectivity index (χ0) is 13.4. The summed E-state index contributed by atoms with van der Waals surface area (Å²) in [5.41, 5.74) is 0.733. The van der Waals surface area contributed by atoms with E-state index in [1.165, 1.54) is 20.2 Å². The first-order chi connectivity index (χ1) is 8.41. The average molecular weight is 247 g/mol. The molecule has 1 aromatic rings. The molecule has 0 saturated carbocycles. The van der Waals surface area contributed by atoms with Gasteiger partial charge in [-0.05, 0) is 17.7 Å². The molecule has 1 aromatic heterocycles. The highest BCUT2D eigenvalue weighted by atomic mass is 16.2. The predicted octanol–water partition coefficient (Wildman–Crippen LogP) is 0.459. The van der Waals surface area contributed by atoms with E-state index in [4.69, 9.17) is 0 Å². The Bertz CT molecular complexity index is 545. The third-order valence-corrected chi connectivity index (χ3v) is 2.81. The Balaban J connectivity index is 2.43. The van der Waals surface area contributed by atoms with Crippen molar-refractivity contribution in [3.63, 3.8) is 0 Å². The molecule has 0 N–H and O–H groups in total. The van der Waals surface area contributed by atoms with Gasteiger partial charge in [-0.3, -0.25) is 19.4 Å². The van der Waals surface area contributed by atoms with E-state index < -0.39 is 17.8 Å². The lowest BCUT2D eigenvalue weighted by Crippen LogP contribution is -2.52. The molecule has 0 radical (unpaired) electrons. The van der Waals surface area contributed by atoms with Crippen LogP contribution in [0.25, 0.3) is 6.08 Å². The number of barbiturate groups is 1. The van der Waals surface area contributed by atoms with Gasteiger partial charge in [-0.1, -0.05) is 0 Å². The Morgan fingerprint density at radius 3 is 2.00 bits per heavy atom. The molecule has 0 aromatic carbocycles. The molecule has 0 spiro atoms. The van der Waals surface area contributed by atoms with Gasteiger partial charge in [0, 0.05) is 33.5 Å². The molecule has 0 unspecified atom stereocenters. The molecule has 4 amide bonds. The molecule has 18 heavy (non-hydrogen) atoms. The van der Waals surface area contributed by atoms with Crippen molar-refractivity contribution in [1.82, 2.24) is 14.4 Å². The molecule has 1 fully saturated rings. The molecule has 6 nitrogen and oxygen atoms in total. The fourth-order valence-electron chi connectivity index (χ4n) is 1.75. The van der Waals surface area contributed by atoms with E-state index in [9.17, 15) is 14.4 Å². The Morgan fingerprint density at radius 2 is 1.56 bits per heavy atom. The lowest BCUT2D eigenvalue weighted by molar-refractivity contribution is -0.134. The molecule has 2 rings (SSSR count). The second-order valence-corrected chi connectivity index (χ2v) is 4.18. The van der Waals surface area contributed by atoms with Crippen molar-refractivity contribution in [1.29, 1.82) is 0 Å². The minimum Gasteiger partial charge on any atom is -0.357 e. The Morgan fingerprint density at radius 1 is 1.00 bits per heavy atom. The summed E-state index contributed by atoms with van der Waals surface area (Å²) in [4.78, 5) is 37.2. The lowest BCUT2D eigenvalue weighted by atomic mass is 10.1. The van der Waals surface area contributed by atoms with Crippen molar-refractivity contribution in [3.05, 3.63) is 29.6 Å². The fraction of sp³-hybridized carbons (Fsp3) is 0.250. The van der Waals surface area contributed by atoms with Gasteiger partial charge in [-0.15, -0.1) is 0 Å². The van der Waals surface area contributed by atoms with E-state index in [0.29, 0.717) is 0 Å². The summed E-state index contributed by atoms with van der Waals surface area (Å²) in [5, 5.41) is 0. The van der Waals surface area contributed by atoms with Crippen molar-refractivity contribution in [2.75, 3.05) is 14.1 Å². The fourth-order valence-corrected chi connectivity index (χ4v) is 1.75. The highest BCUT2D eigenvalue weighted by molar-refractivity contribution is 6.30. The van der Waals surface area contributed by atoms with Gasteiger partial charge in [0.2, 0.25) is 0 Å². The largest absolute Gasteiger partial charge is 0.357 e. The second-order valence-electron chi connectivity index (χ2n) is 4.18. The predicted molar refractivity (Wildman–Crippen MR) is 64.3 cm³/mol. The van der Waals surface area contributed by atoms with Crippen LogP contribution in [-0.4, -0.2) is 46.3 Å². The maximum Gasteiger partial charge on any atom is 0.333 e. The number of carbonyl (C=O) groups excluding carboxylic acids is 3. The van der Waals surface area contributed by atoms with Gasteiger partial charge >= 0.3 is 6.03 Å². The first-order valence-corrected chi connectivity index (χ1v) is 5.35. The molecule has 0 aliphatic carbocycles.